The van der Waals surface area contributed by atoms with E-state index in [1.807, 2.05) is 0 Å². The average molecular weight is 594 g/mol. The van der Waals surface area contributed by atoms with Crippen molar-refractivity contribution < 1.29 is 63.7 Å². The summed E-state index contributed by atoms with van der Waals surface area (Å²) < 4.78 is 16.3. The van der Waals surface area contributed by atoms with Crippen molar-refractivity contribution in [3.8, 4) is 0 Å². The summed E-state index contributed by atoms with van der Waals surface area (Å²) in [5, 5.41) is 60.0. The first kappa shape index (κ1) is 34.2. The topological polar surface area (TPSA) is 288 Å². The molecule has 2 saturated heterocycles. The maximum Gasteiger partial charge on any atom is 0.306 e. The quantitative estimate of drug-likeness (QED) is 0.0942. The lowest BCUT2D eigenvalue weighted by atomic mass is 9.95. The van der Waals surface area contributed by atoms with Crippen molar-refractivity contribution in [2.75, 3.05) is 19.8 Å². The number of nitrogens with one attached hydrogen (secondary N) is 4. The SMILES string of the molecule is CC(=O)N[C@@H]1[C@@H](O)[C@H](OC(=O)CCC(=O)N[C@@H]2O[C@H](CO)[C@@H](O)[C@H](O)[C@H]2NC(C)=O)[C@@H](CO)O[C@H]1NC(=O)CCN. The molecule has 2 heterocycles. The fourth-order valence-electron chi connectivity index (χ4n) is 4.42. The standard InChI is InChI=1S/C23H39N5O13/c1-9(31)25-16-19(37)18(36)11(7-29)39-22(16)27-13(33)3-4-15(35)41-21-12(8-30)40-23(28-14(34)5-6-24)17(20(21)38)26-10(2)32/h11-12,16-23,29-30,36-38H,3-8,24H2,1-2H3,(H,25,31)(H,26,32)(H,27,33)(H,28,34)/t11-,12-,16-,17-,18-,19-,20-,21-,22-,23-/m1/s1. The van der Waals surface area contributed by atoms with E-state index in [1.54, 1.807) is 0 Å². The molecule has 0 aromatic carbocycles. The van der Waals surface area contributed by atoms with Crippen molar-refractivity contribution in [1.29, 1.82) is 0 Å². The monoisotopic (exact) mass is 593 g/mol. The largest absolute Gasteiger partial charge is 0.457 e. The summed E-state index contributed by atoms with van der Waals surface area (Å²) in [4.78, 5) is 60.4. The fraction of sp³-hybridized carbons (Fsp3) is 0.783. The third kappa shape index (κ3) is 9.54. The van der Waals surface area contributed by atoms with Gasteiger partial charge in [0.05, 0.1) is 19.6 Å². The highest BCUT2D eigenvalue weighted by atomic mass is 16.6. The number of hydrogen-bond acceptors (Lipinski definition) is 14. The third-order valence-electron chi connectivity index (χ3n) is 6.37. The predicted octanol–water partition coefficient (Wildman–Crippen LogP) is -6.21. The van der Waals surface area contributed by atoms with Crippen molar-refractivity contribution in [1.82, 2.24) is 21.3 Å². The molecule has 0 aromatic rings. The van der Waals surface area contributed by atoms with Gasteiger partial charge in [0.25, 0.3) is 0 Å². The maximum absolute atomic E-state index is 12.6. The van der Waals surface area contributed by atoms with Crippen LogP contribution in [-0.2, 0) is 38.2 Å². The van der Waals surface area contributed by atoms with E-state index in [4.69, 9.17) is 19.9 Å². The number of rotatable bonds is 12. The first-order valence-corrected chi connectivity index (χ1v) is 12.9. The second kappa shape index (κ2) is 15.9. The lowest BCUT2D eigenvalue weighted by Crippen LogP contribution is -2.68. The van der Waals surface area contributed by atoms with Crippen LogP contribution in [0.3, 0.4) is 0 Å². The van der Waals surface area contributed by atoms with Gasteiger partial charge in [-0.05, 0) is 0 Å². The van der Waals surface area contributed by atoms with E-state index >= 15 is 0 Å². The molecule has 2 rings (SSSR count). The molecule has 0 radical (unpaired) electrons. The number of amides is 4. The van der Waals surface area contributed by atoms with Gasteiger partial charge in [0.15, 0.2) is 18.6 Å². The maximum atomic E-state index is 12.6. The number of aliphatic hydroxyl groups excluding tert-OH is 5. The third-order valence-corrected chi connectivity index (χ3v) is 6.37. The van der Waals surface area contributed by atoms with E-state index in [9.17, 15) is 49.5 Å². The molecule has 18 nitrogen and oxygen atoms in total. The molecule has 11 N–H and O–H groups in total. The second-order valence-corrected chi connectivity index (χ2v) is 9.61. The van der Waals surface area contributed by atoms with Crippen LogP contribution in [0.2, 0.25) is 0 Å². The van der Waals surface area contributed by atoms with E-state index in [-0.39, 0.29) is 13.0 Å². The molecule has 0 unspecified atom stereocenters. The van der Waals surface area contributed by atoms with E-state index in [0.717, 1.165) is 13.8 Å². The van der Waals surface area contributed by atoms with Gasteiger partial charge in [-0.15, -0.1) is 0 Å². The highest BCUT2D eigenvalue weighted by molar-refractivity contribution is 5.82. The van der Waals surface area contributed by atoms with Crippen molar-refractivity contribution >= 4 is 29.6 Å². The Labute approximate surface area is 234 Å². The molecule has 2 aliphatic heterocycles. The van der Waals surface area contributed by atoms with E-state index < -0.39 is 117 Å². The minimum Gasteiger partial charge on any atom is -0.457 e. The Bertz CT molecular complexity index is 940. The summed E-state index contributed by atoms with van der Waals surface area (Å²) in [6.45, 7) is 0.877. The summed E-state index contributed by atoms with van der Waals surface area (Å²) in [7, 11) is 0. The Balaban J connectivity index is 2.03. The summed E-state index contributed by atoms with van der Waals surface area (Å²) in [5.74, 6) is -3.53. The van der Waals surface area contributed by atoms with E-state index in [0.29, 0.717) is 0 Å². The molecule has 10 atom stereocenters. The van der Waals surface area contributed by atoms with Crippen molar-refractivity contribution in [3.63, 3.8) is 0 Å². The van der Waals surface area contributed by atoms with Gasteiger partial charge < -0.3 is 66.7 Å². The Morgan fingerprint density at radius 3 is 1.68 bits per heavy atom. The Morgan fingerprint density at radius 2 is 1.20 bits per heavy atom. The van der Waals surface area contributed by atoms with Gasteiger partial charge in [-0.1, -0.05) is 0 Å². The predicted molar refractivity (Wildman–Crippen MR) is 134 cm³/mol. The lowest BCUT2D eigenvalue weighted by molar-refractivity contribution is -0.218. The molecule has 0 saturated carbocycles. The Morgan fingerprint density at radius 1 is 0.707 bits per heavy atom. The molecule has 234 valence electrons. The van der Waals surface area contributed by atoms with Gasteiger partial charge in [-0.3, -0.25) is 24.0 Å². The highest BCUT2D eigenvalue weighted by Crippen LogP contribution is 2.24. The summed E-state index contributed by atoms with van der Waals surface area (Å²) in [6, 6.07) is -2.54. The number of carbonyl (C=O) groups excluding carboxylic acids is 5. The molecule has 0 aliphatic carbocycles. The van der Waals surface area contributed by atoms with E-state index in [1.165, 1.54) is 0 Å². The minimum absolute atomic E-state index is 0.0223. The second-order valence-electron chi connectivity index (χ2n) is 9.61. The van der Waals surface area contributed by atoms with Crippen molar-refractivity contribution in [3.05, 3.63) is 0 Å². The first-order valence-electron chi connectivity index (χ1n) is 12.9. The molecule has 18 heteroatoms. The summed E-state index contributed by atoms with van der Waals surface area (Å²) in [5.41, 5.74) is 5.36. The number of carbonyl (C=O) groups is 5. The number of aliphatic hydroxyl groups is 5. The molecule has 0 spiro atoms. The van der Waals surface area contributed by atoms with Crippen LogP contribution < -0.4 is 27.0 Å². The molecular weight excluding hydrogens is 554 g/mol. The van der Waals surface area contributed by atoms with Crippen LogP contribution in [0.5, 0.6) is 0 Å². The average Bonchev–Trinajstić information content (AvgIpc) is 2.90. The lowest BCUT2D eigenvalue weighted by Gasteiger charge is -2.44. The minimum atomic E-state index is -1.64. The van der Waals surface area contributed by atoms with Crippen molar-refractivity contribution in [2.45, 2.75) is 94.3 Å². The molecule has 0 bridgehead atoms. The number of esters is 1. The van der Waals surface area contributed by atoms with Crippen LogP contribution in [0.25, 0.3) is 0 Å². The van der Waals surface area contributed by atoms with Crippen LogP contribution in [0.4, 0.5) is 0 Å². The number of hydrogen-bond donors (Lipinski definition) is 10. The van der Waals surface area contributed by atoms with Gasteiger partial charge in [-0.2, -0.15) is 0 Å². The zero-order valence-corrected chi connectivity index (χ0v) is 22.6. The summed E-state index contributed by atoms with van der Waals surface area (Å²) in [6.07, 6.45) is -12.6. The van der Waals surface area contributed by atoms with Crippen LogP contribution in [0.15, 0.2) is 0 Å². The fourth-order valence-corrected chi connectivity index (χ4v) is 4.42. The van der Waals surface area contributed by atoms with Gasteiger partial charge >= 0.3 is 5.97 Å². The van der Waals surface area contributed by atoms with Gasteiger partial charge in [-0.25, -0.2) is 0 Å². The highest BCUT2D eigenvalue weighted by Gasteiger charge is 2.48. The van der Waals surface area contributed by atoms with Gasteiger partial charge in [0, 0.05) is 33.2 Å². The van der Waals surface area contributed by atoms with Gasteiger partial charge in [0.1, 0.15) is 42.6 Å². The normalized spacial score (nSPS) is 33.3. The Hall–Kier alpha value is -2.97. The number of nitrogens with two attached hydrogens (primary N) is 1. The smallest absolute Gasteiger partial charge is 0.306 e. The van der Waals surface area contributed by atoms with Gasteiger partial charge in [0.2, 0.25) is 23.6 Å². The molecule has 41 heavy (non-hydrogen) atoms. The van der Waals surface area contributed by atoms with Crippen LogP contribution >= 0.6 is 0 Å². The Kier molecular flexibility index (Phi) is 13.3. The van der Waals surface area contributed by atoms with Crippen LogP contribution in [0, 0.1) is 0 Å². The first-order chi connectivity index (χ1) is 19.3. The molecule has 2 aliphatic rings. The van der Waals surface area contributed by atoms with Crippen LogP contribution in [0.1, 0.15) is 33.1 Å². The van der Waals surface area contributed by atoms with E-state index in [2.05, 4.69) is 21.3 Å². The van der Waals surface area contributed by atoms with Crippen LogP contribution in [-0.4, -0.2) is 136 Å². The summed E-state index contributed by atoms with van der Waals surface area (Å²) >= 11 is 0. The molecule has 0 aromatic heterocycles. The zero-order valence-electron chi connectivity index (χ0n) is 22.6. The van der Waals surface area contributed by atoms with Crippen molar-refractivity contribution in [2.24, 2.45) is 5.73 Å². The molecule has 4 amide bonds. The zero-order chi connectivity index (χ0) is 30.9. The number of ether oxygens (including phenoxy) is 3. The molecular formula is C23H39N5O13. The molecule has 2 fully saturated rings.